The molecular formula is C18H17N3O4S. The zero-order chi connectivity index (χ0) is 19.0. The van der Waals surface area contributed by atoms with Crippen molar-refractivity contribution in [1.29, 1.82) is 0 Å². The van der Waals surface area contributed by atoms with Crippen LogP contribution in [0.5, 0.6) is 0 Å². The first kappa shape index (κ1) is 17.8. The summed E-state index contributed by atoms with van der Waals surface area (Å²) in [6.07, 6.45) is 1.44. The third kappa shape index (κ3) is 2.99. The first-order valence-corrected chi connectivity index (χ1v) is 8.60. The van der Waals surface area contributed by atoms with Crippen LogP contribution in [0, 0.1) is 13.8 Å². The van der Waals surface area contributed by atoms with Crippen molar-refractivity contribution in [1.82, 2.24) is 9.55 Å². The molecule has 0 aliphatic carbocycles. The highest BCUT2D eigenvalue weighted by Crippen LogP contribution is 2.28. The molecule has 7 nitrogen and oxygen atoms in total. The first-order valence-electron chi connectivity index (χ1n) is 7.78. The van der Waals surface area contributed by atoms with Gasteiger partial charge in [0.25, 0.3) is 11.5 Å². The minimum Gasteiger partial charge on any atom is -0.465 e. The molecule has 1 N–H and O–H groups in total. The number of thiophene rings is 1. The van der Waals surface area contributed by atoms with Gasteiger partial charge in [-0.05, 0) is 43.2 Å². The number of fused-ring (bicyclic) bond motifs is 1. The fraction of sp³-hybridized carbons (Fsp3) is 0.222. The number of nitrogens with zero attached hydrogens (tertiary/aromatic N) is 2. The molecule has 1 amide bonds. The molecule has 3 rings (SSSR count). The second-order valence-electron chi connectivity index (χ2n) is 5.87. The second-order valence-corrected chi connectivity index (χ2v) is 6.87. The quantitative estimate of drug-likeness (QED) is 0.715. The molecule has 0 fully saturated rings. The minimum atomic E-state index is -0.437. The van der Waals surface area contributed by atoms with Crippen LogP contribution < -0.4 is 10.9 Å². The molecule has 0 spiro atoms. The minimum absolute atomic E-state index is 0.179. The molecule has 8 heteroatoms. The number of esters is 1. The molecule has 26 heavy (non-hydrogen) atoms. The molecule has 0 aliphatic heterocycles. The van der Waals surface area contributed by atoms with Gasteiger partial charge in [0.15, 0.2) is 0 Å². The number of hydrogen-bond acceptors (Lipinski definition) is 6. The molecule has 0 aliphatic rings. The van der Waals surface area contributed by atoms with Crippen LogP contribution in [-0.4, -0.2) is 28.5 Å². The average molecular weight is 371 g/mol. The summed E-state index contributed by atoms with van der Waals surface area (Å²) in [6, 6.07) is 4.89. The number of ether oxygens (including phenoxy) is 1. The Kier molecular flexibility index (Phi) is 4.60. The number of anilines is 1. The van der Waals surface area contributed by atoms with E-state index in [-0.39, 0.29) is 11.5 Å². The van der Waals surface area contributed by atoms with Crippen LogP contribution in [0.2, 0.25) is 0 Å². The molecular weight excluding hydrogens is 354 g/mol. The smallest absolute Gasteiger partial charge is 0.337 e. The molecule has 0 unspecified atom stereocenters. The normalized spacial score (nSPS) is 10.8. The Morgan fingerprint density at radius 1 is 1.27 bits per heavy atom. The van der Waals surface area contributed by atoms with Gasteiger partial charge in [-0.15, -0.1) is 11.3 Å². The monoisotopic (exact) mass is 371 g/mol. The Labute approximate surface area is 153 Å². The average Bonchev–Trinajstić information content (AvgIpc) is 2.96. The topological polar surface area (TPSA) is 90.3 Å². The number of nitrogens with one attached hydrogen (secondary N) is 1. The Morgan fingerprint density at radius 3 is 2.65 bits per heavy atom. The predicted octanol–water partition coefficient (Wildman–Crippen LogP) is 2.65. The van der Waals surface area contributed by atoms with E-state index in [1.54, 1.807) is 39.1 Å². The summed E-state index contributed by atoms with van der Waals surface area (Å²) in [5, 5.41) is 3.29. The van der Waals surface area contributed by atoms with Crippen molar-refractivity contribution in [3.8, 4) is 0 Å². The van der Waals surface area contributed by atoms with Crippen LogP contribution >= 0.6 is 11.3 Å². The fourth-order valence-electron chi connectivity index (χ4n) is 2.65. The van der Waals surface area contributed by atoms with E-state index in [1.165, 1.54) is 29.3 Å². The van der Waals surface area contributed by atoms with Gasteiger partial charge < -0.3 is 14.6 Å². The first-order chi connectivity index (χ1) is 12.3. The number of amides is 1. The lowest BCUT2D eigenvalue weighted by Gasteiger charge is -2.09. The zero-order valence-electron chi connectivity index (χ0n) is 14.7. The fourth-order valence-corrected chi connectivity index (χ4v) is 3.69. The van der Waals surface area contributed by atoms with Crippen LogP contribution in [0.3, 0.4) is 0 Å². The second kappa shape index (κ2) is 6.72. The summed E-state index contributed by atoms with van der Waals surface area (Å²) >= 11 is 1.18. The number of methoxy groups -OCH3 is 1. The number of aromatic nitrogens is 2. The number of aryl methyl sites for hydroxylation is 3. The maximum Gasteiger partial charge on any atom is 0.337 e. The molecule has 0 bridgehead atoms. The van der Waals surface area contributed by atoms with Gasteiger partial charge in [-0.3, -0.25) is 9.59 Å². The number of carbonyl (C=O) groups is 2. The van der Waals surface area contributed by atoms with Crippen molar-refractivity contribution in [3.63, 3.8) is 0 Å². The van der Waals surface area contributed by atoms with Gasteiger partial charge in [0, 0.05) is 12.7 Å². The summed E-state index contributed by atoms with van der Waals surface area (Å²) < 4.78 is 6.08. The molecule has 0 saturated heterocycles. The maximum absolute atomic E-state index is 12.7. The van der Waals surface area contributed by atoms with Gasteiger partial charge in [-0.1, -0.05) is 0 Å². The van der Waals surface area contributed by atoms with Gasteiger partial charge in [0.1, 0.15) is 4.83 Å². The van der Waals surface area contributed by atoms with Crippen LogP contribution in [-0.2, 0) is 11.8 Å². The van der Waals surface area contributed by atoms with Gasteiger partial charge in [-0.2, -0.15) is 0 Å². The maximum atomic E-state index is 12.7. The van der Waals surface area contributed by atoms with E-state index in [1.807, 2.05) is 0 Å². The van der Waals surface area contributed by atoms with Crippen molar-refractivity contribution >= 4 is 39.1 Å². The van der Waals surface area contributed by atoms with E-state index in [0.29, 0.717) is 31.9 Å². The van der Waals surface area contributed by atoms with Gasteiger partial charge in [0.2, 0.25) is 0 Å². The summed E-state index contributed by atoms with van der Waals surface area (Å²) in [4.78, 5) is 41.8. The van der Waals surface area contributed by atoms with E-state index < -0.39 is 5.97 Å². The van der Waals surface area contributed by atoms with Gasteiger partial charge in [-0.25, -0.2) is 9.78 Å². The number of rotatable bonds is 3. The lowest BCUT2D eigenvalue weighted by atomic mass is 10.1. The van der Waals surface area contributed by atoms with E-state index in [0.717, 1.165) is 5.56 Å². The predicted molar refractivity (Wildman–Crippen MR) is 100 cm³/mol. The molecule has 0 atom stereocenters. The van der Waals surface area contributed by atoms with Crippen LogP contribution in [0.4, 0.5) is 5.69 Å². The summed E-state index contributed by atoms with van der Waals surface area (Å²) in [5.74, 6) is -0.755. The molecule has 2 aromatic heterocycles. The Hall–Kier alpha value is -3.00. The Morgan fingerprint density at radius 2 is 2.00 bits per heavy atom. The van der Waals surface area contributed by atoms with E-state index in [9.17, 15) is 14.4 Å². The van der Waals surface area contributed by atoms with Crippen molar-refractivity contribution in [2.24, 2.45) is 7.05 Å². The standard InChI is InChI=1S/C18H17N3O4S/c1-9-7-11(18(24)25-4)5-6-12(9)20-15(22)14-10(2)13-16(26-14)19-8-21(3)17(13)23/h5-8H,1-4H3,(H,20,22). The van der Waals surface area contributed by atoms with Gasteiger partial charge in [0.05, 0.1) is 29.3 Å². The molecule has 1 aromatic carbocycles. The third-order valence-electron chi connectivity index (χ3n) is 4.11. The lowest BCUT2D eigenvalue weighted by molar-refractivity contribution is 0.0600. The van der Waals surface area contributed by atoms with Crippen molar-refractivity contribution in [2.45, 2.75) is 13.8 Å². The molecule has 2 heterocycles. The lowest BCUT2D eigenvalue weighted by Crippen LogP contribution is -2.17. The molecule has 3 aromatic rings. The molecule has 0 saturated carbocycles. The van der Waals surface area contributed by atoms with Crippen molar-refractivity contribution in [2.75, 3.05) is 12.4 Å². The van der Waals surface area contributed by atoms with E-state index in [4.69, 9.17) is 0 Å². The molecule has 134 valence electrons. The number of benzene rings is 1. The highest BCUT2D eigenvalue weighted by Gasteiger charge is 2.20. The zero-order valence-corrected chi connectivity index (χ0v) is 15.6. The van der Waals surface area contributed by atoms with Crippen molar-refractivity contribution in [3.05, 3.63) is 56.4 Å². The molecule has 0 radical (unpaired) electrons. The van der Waals surface area contributed by atoms with Crippen molar-refractivity contribution < 1.29 is 14.3 Å². The van der Waals surface area contributed by atoms with Crippen LogP contribution in [0.1, 0.15) is 31.2 Å². The number of hydrogen-bond donors (Lipinski definition) is 1. The largest absolute Gasteiger partial charge is 0.465 e. The third-order valence-corrected chi connectivity index (χ3v) is 5.31. The van der Waals surface area contributed by atoms with Crippen LogP contribution in [0.25, 0.3) is 10.2 Å². The van der Waals surface area contributed by atoms with Crippen LogP contribution in [0.15, 0.2) is 29.3 Å². The van der Waals surface area contributed by atoms with E-state index in [2.05, 4.69) is 15.0 Å². The highest BCUT2D eigenvalue weighted by atomic mass is 32.1. The summed E-state index contributed by atoms with van der Waals surface area (Å²) in [6.45, 7) is 3.53. The number of carbonyl (C=O) groups excluding carboxylic acids is 2. The Balaban J connectivity index is 1.95. The van der Waals surface area contributed by atoms with E-state index >= 15 is 0 Å². The highest BCUT2D eigenvalue weighted by molar-refractivity contribution is 7.20. The Bertz CT molecular complexity index is 1100. The summed E-state index contributed by atoms with van der Waals surface area (Å²) in [7, 11) is 2.94. The summed E-state index contributed by atoms with van der Waals surface area (Å²) in [5.41, 5.74) is 2.16. The SMILES string of the molecule is COC(=O)c1ccc(NC(=O)c2sc3ncn(C)c(=O)c3c2C)c(C)c1. The van der Waals surface area contributed by atoms with Gasteiger partial charge >= 0.3 is 5.97 Å².